The first-order chi connectivity index (χ1) is 24.6. The zero-order chi connectivity index (χ0) is 37.6. The van der Waals surface area contributed by atoms with Crippen molar-refractivity contribution in [2.45, 2.75) is 193 Å². The first-order valence-electron chi connectivity index (χ1n) is 20.1. The first kappa shape index (κ1) is 47.7. The third kappa shape index (κ3) is 29.8. The summed E-state index contributed by atoms with van der Waals surface area (Å²) >= 11 is 0. The molecule has 0 bridgehead atoms. The van der Waals surface area contributed by atoms with Gasteiger partial charge in [0.2, 0.25) is 0 Å². The quantitative estimate of drug-likeness (QED) is 0.0184. The van der Waals surface area contributed by atoms with E-state index in [1.807, 2.05) is 0 Å². The van der Waals surface area contributed by atoms with E-state index in [1.165, 1.54) is 57.8 Å². The summed E-state index contributed by atoms with van der Waals surface area (Å²) in [5, 5.41) is 18.3. The van der Waals surface area contributed by atoms with Crippen molar-refractivity contribution in [1.82, 2.24) is 0 Å². The lowest BCUT2D eigenvalue weighted by Gasteiger charge is -2.20. The van der Waals surface area contributed by atoms with Crippen molar-refractivity contribution in [2.24, 2.45) is 5.92 Å². The van der Waals surface area contributed by atoms with Gasteiger partial charge in [0.05, 0.1) is 32.0 Å². The minimum atomic E-state index is -4.62. The van der Waals surface area contributed by atoms with Gasteiger partial charge in [-0.1, -0.05) is 129 Å². The Labute approximate surface area is 309 Å². The molecular weight excluding hydrogens is 675 g/mol. The fourth-order valence-electron chi connectivity index (χ4n) is 5.77. The number of allylic oxidation sites excluding steroid dienone is 1. The monoisotopic (exact) mass is 748 g/mol. The molecule has 11 nitrogen and oxygen atoms in total. The minimum absolute atomic E-state index is 0.180. The van der Waals surface area contributed by atoms with E-state index in [9.17, 15) is 24.2 Å². The van der Waals surface area contributed by atoms with Crippen LogP contribution in [-0.4, -0.2) is 77.9 Å². The van der Waals surface area contributed by atoms with Gasteiger partial charge in [-0.05, 0) is 44.4 Å². The van der Waals surface area contributed by atoms with E-state index in [0.29, 0.717) is 25.0 Å². The molecule has 0 spiro atoms. The van der Waals surface area contributed by atoms with Gasteiger partial charge in [-0.2, -0.15) is 0 Å². The molecule has 51 heavy (non-hydrogen) atoms. The summed E-state index contributed by atoms with van der Waals surface area (Å²) in [6.07, 6.45) is 26.4. The van der Waals surface area contributed by atoms with Crippen LogP contribution in [0.25, 0.3) is 0 Å². The Morgan fingerprint density at radius 3 is 1.96 bits per heavy atom. The van der Waals surface area contributed by atoms with Crippen molar-refractivity contribution in [1.29, 1.82) is 0 Å². The summed E-state index contributed by atoms with van der Waals surface area (Å²) in [5.74, 6) is -0.176. The number of carbonyl (C=O) groups excluding carboxylic acids is 2. The van der Waals surface area contributed by atoms with E-state index in [-0.39, 0.29) is 19.4 Å². The van der Waals surface area contributed by atoms with Crippen LogP contribution in [0.1, 0.15) is 168 Å². The van der Waals surface area contributed by atoms with E-state index in [1.54, 1.807) is 0 Å². The summed E-state index contributed by atoms with van der Waals surface area (Å²) in [6, 6.07) is 0. The molecule has 0 aromatic heterocycles. The van der Waals surface area contributed by atoms with Gasteiger partial charge in [0.15, 0.2) is 6.10 Å². The molecule has 1 aliphatic heterocycles. The van der Waals surface area contributed by atoms with Crippen molar-refractivity contribution in [3.63, 3.8) is 0 Å². The maximum Gasteiger partial charge on any atom is 0.472 e. The number of hydrogen-bond donors (Lipinski definition) is 3. The van der Waals surface area contributed by atoms with E-state index >= 15 is 0 Å². The lowest BCUT2D eigenvalue weighted by Crippen LogP contribution is -2.29. The van der Waals surface area contributed by atoms with Gasteiger partial charge in [0.1, 0.15) is 12.7 Å². The molecule has 5 atom stereocenters. The lowest BCUT2D eigenvalue weighted by molar-refractivity contribution is -0.161. The number of rotatable bonds is 36. The molecule has 300 valence electrons. The Hall–Kier alpha value is -1.33. The molecular formula is C39H73O11P. The number of esters is 2. The molecule has 1 fully saturated rings. The van der Waals surface area contributed by atoms with Crippen molar-refractivity contribution >= 4 is 19.8 Å². The lowest BCUT2D eigenvalue weighted by atomic mass is 10.0. The Kier molecular flexibility index (Phi) is 29.0. The second-order valence-electron chi connectivity index (χ2n) is 14.5. The van der Waals surface area contributed by atoms with Gasteiger partial charge in [0, 0.05) is 12.8 Å². The minimum Gasteiger partial charge on any atom is -0.462 e. The van der Waals surface area contributed by atoms with Crippen LogP contribution in [0.2, 0.25) is 0 Å². The van der Waals surface area contributed by atoms with Crippen LogP contribution in [0.15, 0.2) is 12.2 Å². The van der Waals surface area contributed by atoms with Crippen LogP contribution >= 0.6 is 7.82 Å². The van der Waals surface area contributed by atoms with Crippen LogP contribution in [0.4, 0.5) is 0 Å². The molecule has 3 unspecified atom stereocenters. The maximum absolute atomic E-state index is 12.6. The Morgan fingerprint density at radius 2 is 1.33 bits per heavy atom. The van der Waals surface area contributed by atoms with Crippen molar-refractivity contribution < 1.29 is 52.5 Å². The smallest absolute Gasteiger partial charge is 0.462 e. The van der Waals surface area contributed by atoms with Crippen molar-refractivity contribution in [3.8, 4) is 0 Å². The van der Waals surface area contributed by atoms with E-state index in [4.69, 9.17) is 23.8 Å². The van der Waals surface area contributed by atoms with Gasteiger partial charge < -0.3 is 29.3 Å². The van der Waals surface area contributed by atoms with Crippen LogP contribution in [0.5, 0.6) is 0 Å². The van der Waals surface area contributed by atoms with Gasteiger partial charge in [-0.25, -0.2) is 4.57 Å². The summed E-state index contributed by atoms with van der Waals surface area (Å²) in [7, 11) is -4.62. The van der Waals surface area contributed by atoms with E-state index in [2.05, 4.69) is 37.4 Å². The molecule has 0 aliphatic carbocycles. The number of carbonyl (C=O) groups is 2. The highest BCUT2D eigenvalue weighted by Crippen LogP contribution is 2.43. The highest BCUT2D eigenvalue weighted by molar-refractivity contribution is 7.47. The van der Waals surface area contributed by atoms with Gasteiger partial charge in [0.25, 0.3) is 0 Å². The number of ether oxygens (including phenoxy) is 3. The largest absolute Gasteiger partial charge is 0.472 e. The second kappa shape index (κ2) is 31.1. The number of unbranched alkanes of at least 4 members (excludes halogenated alkanes) is 15. The SMILES string of the molecule is CCCCC/C=C\CC1OC1CCCCCCCC(=O)OC[C@H](COP(=O)(O)OC[C@@H](O)CO)OC(=O)CCCCCCCCCCCC(C)C. The number of aliphatic hydroxyl groups excluding tert-OH is 2. The summed E-state index contributed by atoms with van der Waals surface area (Å²) in [6.45, 7) is 4.60. The standard InChI is InChI=1S/C39H73O11P/c1-4-5-6-7-15-20-25-36-37(50-36)26-21-16-13-18-22-27-38(42)46-31-35(32-48-51(44,45)47-30-34(41)29-40)49-39(43)28-23-17-12-10-8-9-11-14-19-24-33(2)3/h15,20,33-37,40-41H,4-14,16-19,21-32H2,1-3H3,(H,44,45)/b20-15-/t34-,35+,36?,37?/m0/s1. The molecule has 0 aromatic carbocycles. The zero-order valence-corrected chi connectivity index (χ0v) is 33.1. The molecule has 0 saturated carbocycles. The van der Waals surface area contributed by atoms with Crippen LogP contribution in [0, 0.1) is 5.92 Å². The molecule has 12 heteroatoms. The molecule has 0 radical (unpaired) electrons. The summed E-state index contributed by atoms with van der Waals surface area (Å²) < 4.78 is 38.4. The van der Waals surface area contributed by atoms with Gasteiger partial charge >= 0.3 is 19.8 Å². The highest BCUT2D eigenvalue weighted by Gasteiger charge is 2.36. The average molecular weight is 749 g/mol. The molecule has 1 heterocycles. The summed E-state index contributed by atoms with van der Waals surface area (Å²) in [5.41, 5.74) is 0. The highest BCUT2D eigenvalue weighted by atomic mass is 31.2. The number of aliphatic hydroxyl groups is 2. The molecule has 0 aromatic rings. The topological polar surface area (TPSA) is 161 Å². The third-order valence-electron chi connectivity index (χ3n) is 9.02. The van der Waals surface area contributed by atoms with E-state index < -0.39 is 51.8 Å². The van der Waals surface area contributed by atoms with Crippen LogP contribution < -0.4 is 0 Å². The molecule has 1 saturated heterocycles. The van der Waals surface area contributed by atoms with Crippen molar-refractivity contribution in [2.75, 3.05) is 26.4 Å². The van der Waals surface area contributed by atoms with E-state index in [0.717, 1.165) is 70.1 Å². The van der Waals surface area contributed by atoms with Crippen LogP contribution in [0.3, 0.4) is 0 Å². The predicted octanol–water partition coefficient (Wildman–Crippen LogP) is 8.90. The Balaban J connectivity index is 2.28. The normalized spacial score (nSPS) is 18.2. The Morgan fingerprint density at radius 1 is 0.745 bits per heavy atom. The second-order valence-corrected chi connectivity index (χ2v) is 16.0. The first-order valence-corrected chi connectivity index (χ1v) is 21.6. The summed E-state index contributed by atoms with van der Waals surface area (Å²) in [4.78, 5) is 34.9. The average Bonchev–Trinajstić information content (AvgIpc) is 3.85. The van der Waals surface area contributed by atoms with Crippen molar-refractivity contribution in [3.05, 3.63) is 12.2 Å². The fourth-order valence-corrected chi connectivity index (χ4v) is 6.56. The third-order valence-corrected chi connectivity index (χ3v) is 9.97. The maximum atomic E-state index is 12.6. The number of epoxide rings is 1. The number of phosphoric ester groups is 1. The van der Waals surface area contributed by atoms with Gasteiger partial charge in [-0.15, -0.1) is 0 Å². The molecule has 1 rings (SSSR count). The zero-order valence-electron chi connectivity index (χ0n) is 32.2. The fraction of sp³-hybridized carbons (Fsp3) is 0.897. The number of hydrogen-bond acceptors (Lipinski definition) is 10. The van der Waals surface area contributed by atoms with Crippen LogP contribution in [-0.2, 0) is 37.4 Å². The Bertz CT molecular complexity index is 944. The molecule has 3 N–H and O–H groups in total. The number of phosphoric acid groups is 1. The van der Waals surface area contributed by atoms with Gasteiger partial charge in [-0.3, -0.25) is 18.6 Å². The predicted molar refractivity (Wildman–Crippen MR) is 200 cm³/mol. The molecule has 1 aliphatic rings. The molecule has 0 amide bonds.